The summed E-state index contributed by atoms with van der Waals surface area (Å²) in [6.07, 6.45) is -0.612. The first-order chi connectivity index (χ1) is 15.9. The fraction of sp³-hybridized carbons (Fsp3) is 0.773. The van der Waals surface area contributed by atoms with Crippen molar-refractivity contribution < 1.29 is 37.1 Å². The highest BCUT2D eigenvalue weighted by Crippen LogP contribution is 2.42. The Morgan fingerprint density at radius 3 is 2.50 bits per heavy atom. The lowest BCUT2D eigenvalue weighted by Crippen LogP contribution is -2.60. The largest absolute Gasteiger partial charge is 0.410 e. The Balaban J connectivity index is 1.72. The van der Waals surface area contributed by atoms with E-state index in [1.165, 1.54) is 0 Å². The van der Waals surface area contributed by atoms with Gasteiger partial charge in [-0.25, -0.2) is 0 Å². The van der Waals surface area contributed by atoms with Gasteiger partial charge < -0.3 is 25.6 Å². The second-order valence-corrected chi connectivity index (χ2v) is 9.95. The van der Waals surface area contributed by atoms with Crippen molar-refractivity contribution in [2.24, 2.45) is 17.8 Å². The Morgan fingerprint density at radius 1 is 1.18 bits per heavy atom. The number of alkyl halides is 3. The van der Waals surface area contributed by atoms with Gasteiger partial charge in [-0.3, -0.25) is 19.2 Å². The van der Waals surface area contributed by atoms with Crippen LogP contribution in [0.15, 0.2) is 0 Å². The van der Waals surface area contributed by atoms with Crippen LogP contribution in [0.2, 0.25) is 0 Å². The van der Waals surface area contributed by atoms with Crippen LogP contribution in [0.3, 0.4) is 0 Å². The summed E-state index contributed by atoms with van der Waals surface area (Å²) in [7, 11) is 0. The predicted molar refractivity (Wildman–Crippen MR) is 113 cm³/mol. The van der Waals surface area contributed by atoms with Crippen molar-refractivity contribution in [3.63, 3.8) is 0 Å². The van der Waals surface area contributed by atoms with Crippen LogP contribution in [0.4, 0.5) is 13.2 Å². The van der Waals surface area contributed by atoms with Crippen LogP contribution in [0.5, 0.6) is 0 Å². The summed E-state index contributed by atoms with van der Waals surface area (Å²) in [5.74, 6) is -4.21. The van der Waals surface area contributed by atoms with Crippen molar-refractivity contribution in [1.29, 1.82) is 0 Å². The number of aldehydes is 1. The number of carbonyl (C=O) groups is 5. The summed E-state index contributed by atoms with van der Waals surface area (Å²) in [4.78, 5) is 63.2. The average molecular weight is 489 g/mol. The van der Waals surface area contributed by atoms with Crippen molar-refractivity contribution >= 4 is 29.9 Å². The number of fused-ring (bicyclic) bond motifs is 1. The number of nitrogens with one attached hydrogen (secondary N) is 3. The van der Waals surface area contributed by atoms with Crippen LogP contribution in [-0.4, -0.2) is 71.7 Å². The second kappa shape index (κ2) is 9.91. The SMILES string of the molecule is CC(C)(NC(=O)C(=O)N1C[C@@H]2CCC[C@@H]2[C@H]1C(=O)N[C@H](C=O)C[C@@H]1CCCNC1=O)C(F)(F)F. The highest BCUT2D eigenvalue weighted by Gasteiger charge is 2.53. The van der Waals surface area contributed by atoms with Crippen LogP contribution >= 0.6 is 0 Å². The maximum Gasteiger partial charge on any atom is 0.410 e. The van der Waals surface area contributed by atoms with Gasteiger partial charge in [-0.15, -0.1) is 0 Å². The predicted octanol–water partition coefficient (Wildman–Crippen LogP) is 0.671. The minimum Gasteiger partial charge on any atom is -0.356 e. The fourth-order valence-electron chi connectivity index (χ4n) is 5.17. The molecule has 0 spiro atoms. The van der Waals surface area contributed by atoms with Crippen LogP contribution in [-0.2, 0) is 24.0 Å². The Labute approximate surface area is 195 Å². The third-order valence-electron chi connectivity index (χ3n) is 7.18. The molecule has 3 rings (SSSR count). The molecule has 5 atom stereocenters. The molecule has 2 aliphatic heterocycles. The van der Waals surface area contributed by atoms with Gasteiger partial charge in [-0.2, -0.15) is 13.2 Å². The Hall–Kier alpha value is -2.66. The van der Waals surface area contributed by atoms with Gasteiger partial charge in [0.1, 0.15) is 17.9 Å². The summed E-state index contributed by atoms with van der Waals surface area (Å²) in [6.45, 7) is 2.13. The number of carbonyl (C=O) groups excluding carboxylic acids is 5. The molecule has 4 amide bonds. The molecule has 0 bridgehead atoms. The van der Waals surface area contributed by atoms with Gasteiger partial charge in [0, 0.05) is 19.0 Å². The molecule has 0 aromatic heterocycles. The van der Waals surface area contributed by atoms with E-state index in [0.29, 0.717) is 25.7 Å². The van der Waals surface area contributed by atoms with Gasteiger partial charge in [-0.05, 0) is 57.8 Å². The highest BCUT2D eigenvalue weighted by molar-refractivity contribution is 6.35. The van der Waals surface area contributed by atoms with E-state index in [0.717, 1.165) is 38.0 Å². The summed E-state index contributed by atoms with van der Waals surface area (Å²) in [6, 6.07) is -2.03. The smallest absolute Gasteiger partial charge is 0.356 e. The molecule has 1 aliphatic carbocycles. The van der Waals surface area contributed by atoms with Gasteiger partial charge in [0.25, 0.3) is 0 Å². The molecule has 34 heavy (non-hydrogen) atoms. The van der Waals surface area contributed by atoms with Crippen LogP contribution in [0, 0.1) is 17.8 Å². The number of likely N-dealkylation sites (tertiary alicyclic amines) is 1. The number of hydrogen-bond acceptors (Lipinski definition) is 5. The minimum atomic E-state index is -4.77. The number of piperidine rings is 1. The summed E-state index contributed by atoms with van der Waals surface area (Å²) < 4.78 is 39.5. The quantitative estimate of drug-likeness (QED) is 0.375. The highest BCUT2D eigenvalue weighted by atomic mass is 19.4. The van der Waals surface area contributed by atoms with E-state index in [1.807, 2.05) is 0 Å². The van der Waals surface area contributed by atoms with Crippen LogP contribution < -0.4 is 16.0 Å². The molecule has 3 fully saturated rings. The molecule has 1 saturated carbocycles. The summed E-state index contributed by atoms with van der Waals surface area (Å²) in [5, 5.41) is 7.03. The molecule has 190 valence electrons. The number of amides is 4. The number of nitrogens with zero attached hydrogens (tertiary/aromatic N) is 1. The van der Waals surface area contributed by atoms with Crippen molar-refractivity contribution in [2.75, 3.05) is 13.1 Å². The Morgan fingerprint density at radius 2 is 1.88 bits per heavy atom. The first-order valence-corrected chi connectivity index (χ1v) is 11.6. The lowest BCUT2D eigenvalue weighted by molar-refractivity contribution is -0.189. The van der Waals surface area contributed by atoms with E-state index in [4.69, 9.17) is 0 Å². The zero-order valence-electron chi connectivity index (χ0n) is 19.2. The minimum absolute atomic E-state index is 0.0538. The first-order valence-electron chi connectivity index (χ1n) is 11.6. The third kappa shape index (κ3) is 5.35. The Bertz CT molecular complexity index is 847. The van der Waals surface area contributed by atoms with Gasteiger partial charge in [0.2, 0.25) is 11.8 Å². The summed E-state index contributed by atoms with van der Waals surface area (Å²) >= 11 is 0. The molecule has 12 heteroatoms. The van der Waals surface area contributed by atoms with E-state index in [9.17, 15) is 37.1 Å². The average Bonchev–Trinajstić information content (AvgIpc) is 3.34. The normalized spacial score (nSPS) is 28.0. The monoisotopic (exact) mass is 488 g/mol. The van der Waals surface area contributed by atoms with E-state index < -0.39 is 47.4 Å². The van der Waals surface area contributed by atoms with Crippen molar-refractivity contribution in [3.05, 3.63) is 0 Å². The lowest BCUT2D eigenvalue weighted by atomic mass is 9.91. The van der Waals surface area contributed by atoms with E-state index in [1.54, 1.807) is 5.32 Å². The van der Waals surface area contributed by atoms with Crippen LogP contribution in [0.25, 0.3) is 0 Å². The first kappa shape index (κ1) is 26.0. The van der Waals surface area contributed by atoms with Crippen molar-refractivity contribution in [2.45, 2.75) is 76.2 Å². The third-order valence-corrected chi connectivity index (χ3v) is 7.18. The molecule has 0 radical (unpaired) electrons. The van der Waals surface area contributed by atoms with E-state index in [-0.39, 0.29) is 30.7 Å². The standard InChI is InChI=1S/C22H31F3N4O5/c1-21(2,22(23,24)25)28-19(33)20(34)29-10-13-5-3-7-15(13)16(29)18(32)27-14(11-30)9-12-6-4-8-26-17(12)31/h11-16H,3-10H2,1-2H3,(H,26,31)(H,27,32)(H,28,33)/t12-,13-,14-,15-,16-/m0/s1. The molecule has 3 aliphatic rings. The second-order valence-electron chi connectivity index (χ2n) is 9.95. The van der Waals surface area contributed by atoms with Crippen molar-refractivity contribution in [3.8, 4) is 0 Å². The molecule has 9 nitrogen and oxygen atoms in total. The van der Waals surface area contributed by atoms with E-state index >= 15 is 0 Å². The van der Waals surface area contributed by atoms with Gasteiger partial charge in [0.05, 0.1) is 6.04 Å². The topological polar surface area (TPSA) is 125 Å². The zero-order valence-corrected chi connectivity index (χ0v) is 19.2. The van der Waals surface area contributed by atoms with Crippen LogP contribution in [0.1, 0.15) is 52.4 Å². The molecule has 3 N–H and O–H groups in total. The molecule has 2 saturated heterocycles. The molecule has 0 aromatic carbocycles. The van der Waals surface area contributed by atoms with Crippen molar-refractivity contribution in [1.82, 2.24) is 20.9 Å². The zero-order chi connectivity index (χ0) is 25.3. The number of hydrogen-bond donors (Lipinski definition) is 3. The van der Waals surface area contributed by atoms with E-state index in [2.05, 4.69) is 10.6 Å². The Kier molecular flexibility index (Phi) is 7.56. The lowest BCUT2D eigenvalue weighted by Gasteiger charge is -2.31. The molecular weight excluding hydrogens is 457 g/mol. The molecular formula is C22H31F3N4O5. The van der Waals surface area contributed by atoms with Gasteiger partial charge in [0.15, 0.2) is 0 Å². The molecule has 0 aromatic rings. The molecule has 2 heterocycles. The number of halogens is 3. The van der Waals surface area contributed by atoms with Gasteiger partial charge >= 0.3 is 18.0 Å². The molecule has 0 unspecified atom stereocenters. The number of rotatable bonds is 6. The maximum atomic E-state index is 13.2. The maximum absolute atomic E-state index is 13.2. The summed E-state index contributed by atoms with van der Waals surface area (Å²) in [5.41, 5.74) is -2.63. The fourth-order valence-corrected chi connectivity index (χ4v) is 5.17. The van der Waals surface area contributed by atoms with Gasteiger partial charge in [-0.1, -0.05) is 6.42 Å².